The molecule has 0 saturated carbocycles. The normalized spacial score (nSPS) is 9.67. The van der Waals surface area contributed by atoms with Gasteiger partial charge in [-0.3, -0.25) is 0 Å². The molecule has 6 heteroatoms. The molecular formula is C6H7N3O3. The van der Waals surface area contributed by atoms with Crippen molar-refractivity contribution in [2.45, 2.75) is 0 Å². The van der Waals surface area contributed by atoms with Gasteiger partial charge in [-0.1, -0.05) is 4.85 Å². The van der Waals surface area contributed by atoms with Gasteiger partial charge in [0.25, 0.3) is 0 Å². The van der Waals surface area contributed by atoms with Crippen molar-refractivity contribution < 1.29 is 15.8 Å². The summed E-state index contributed by atoms with van der Waals surface area (Å²) in [5.41, 5.74) is 0.940. The van der Waals surface area contributed by atoms with Crippen LogP contribution in [0.2, 0.25) is 0 Å². The zero-order valence-corrected chi connectivity index (χ0v) is 5.97. The number of aromatic nitrogens is 3. The summed E-state index contributed by atoms with van der Waals surface area (Å²) in [4.78, 5) is 0.661. The maximum atomic E-state index is 8.98. The van der Waals surface area contributed by atoms with Crippen molar-refractivity contribution in [3.63, 3.8) is 0 Å². The highest BCUT2D eigenvalue weighted by Crippen LogP contribution is 2.15. The van der Waals surface area contributed by atoms with Crippen LogP contribution < -0.4 is 0 Å². The Morgan fingerprint density at radius 3 is 2.83 bits per heavy atom. The minimum atomic E-state index is 0. The van der Waals surface area contributed by atoms with Gasteiger partial charge in [0, 0.05) is 6.07 Å². The fourth-order valence-corrected chi connectivity index (χ4v) is 0.900. The maximum Gasteiger partial charge on any atom is 0.130 e. The van der Waals surface area contributed by atoms with E-state index in [1.165, 1.54) is 18.2 Å². The van der Waals surface area contributed by atoms with Gasteiger partial charge in [0.2, 0.25) is 0 Å². The molecule has 0 saturated heterocycles. The third-order valence-corrected chi connectivity index (χ3v) is 1.41. The van der Waals surface area contributed by atoms with Crippen LogP contribution in [-0.4, -0.2) is 30.9 Å². The van der Waals surface area contributed by atoms with Crippen LogP contribution in [0.5, 0.6) is 5.75 Å². The van der Waals surface area contributed by atoms with Gasteiger partial charge in [-0.25, -0.2) is 0 Å². The number of rotatable bonds is 0. The van der Waals surface area contributed by atoms with Crippen molar-refractivity contribution in [3.05, 3.63) is 18.2 Å². The first-order valence-electron chi connectivity index (χ1n) is 3.01. The van der Waals surface area contributed by atoms with Crippen molar-refractivity contribution in [3.8, 4) is 5.75 Å². The van der Waals surface area contributed by atoms with Gasteiger partial charge in [-0.15, -0.1) is 5.10 Å². The van der Waals surface area contributed by atoms with Gasteiger partial charge in [0.15, 0.2) is 0 Å². The molecule has 2 aromatic rings. The molecule has 2 rings (SSSR count). The molecule has 0 amide bonds. The third-order valence-electron chi connectivity index (χ3n) is 1.41. The van der Waals surface area contributed by atoms with E-state index in [-0.39, 0.29) is 11.2 Å². The Bertz CT molecular complexity index is 398. The Labute approximate surface area is 66.9 Å². The molecule has 12 heavy (non-hydrogen) atoms. The van der Waals surface area contributed by atoms with Crippen LogP contribution >= 0.6 is 0 Å². The van der Waals surface area contributed by atoms with Crippen LogP contribution in [-0.2, 0) is 0 Å². The van der Waals surface area contributed by atoms with Gasteiger partial charge >= 0.3 is 0 Å². The summed E-state index contributed by atoms with van der Waals surface area (Å²) in [6.07, 6.45) is 0. The van der Waals surface area contributed by atoms with Crippen LogP contribution in [0.15, 0.2) is 18.2 Å². The molecule has 4 N–H and O–H groups in total. The molecule has 0 radical (unpaired) electrons. The maximum absolute atomic E-state index is 8.98. The molecule has 1 aromatic carbocycles. The zero-order valence-electron chi connectivity index (χ0n) is 5.97. The van der Waals surface area contributed by atoms with Crippen molar-refractivity contribution >= 4 is 11.0 Å². The van der Waals surface area contributed by atoms with E-state index in [0.717, 1.165) is 0 Å². The minimum absolute atomic E-state index is 0. The van der Waals surface area contributed by atoms with Crippen LogP contribution in [0, 0.1) is 0 Å². The van der Waals surface area contributed by atoms with Crippen molar-refractivity contribution in [2.75, 3.05) is 0 Å². The lowest BCUT2D eigenvalue weighted by Gasteiger charge is -1.90. The summed E-state index contributed by atoms with van der Waals surface area (Å²) in [6.45, 7) is 0. The highest BCUT2D eigenvalue weighted by Gasteiger charge is 2.01. The van der Waals surface area contributed by atoms with E-state index in [2.05, 4.69) is 10.3 Å². The Balaban J connectivity index is 0.000000720. The Kier molecular flexibility index (Phi) is 1.84. The molecule has 1 heterocycles. The first-order chi connectivity index (χ1) is 5.27. The molecule has 64 valence electrons. The van der Waals surface area contributed by atoms with Gasteiger partial charge in [0.05, 0.1) is 0 Å². The molecule has 0 aliphatic carbocycles. The lowest BCUT2D eigenvalue weighted by molar-refractivity contribution is 0.154. The number of nitrogens with zero attached hydrogens (tertiary/aromatic N) is 3. The van der Waals surface area contributed by atoms with Crippen molar-refractivity contribution in [2.24, 2.45) is 0 Å². The van der Waals surface area contributed by atoms with Crippen LogP contribution in [0.25, 0.3) is 11.0 Å². The predicted molar refractivity (Wildman–Crippen MR) is 40.0 cm³/mol. The first kappa shape index (κ1) is 8.28. The third kappa shape index (κ3) is 1.04. The van der Waals surface area contributed by atoms with E-state index >= 15 is 0 Å². The number of benzene rings is 1. The van der Waals surface area contributed by atoms with Crippen LogP contribution in [0.3, 0.4) is 0 Å². The van der Waals surface area contributed by atoms with Gasteiger partial charge in [-0.05, 0) is 17.3 Å². The predicted octanol–water partition coefficient (Wildman–Crippen LogP) is -0.451. The molecule has 0 aliphatic heterocycles. The molecule has 0 atom stereocenters. The fourth-order valence-electron chi connectivity index (χ4n) is 0.900. The van der Waals surface area contributed by atoms with E-state index in [0.29, 0.717) is 15.9 Å². The highest BCUT2D eigenvalue weighted by molar-refractivity contribution is 5.75. The number of hydrogen-bond acceptors (Lipinski definition) is 4. The second-order valence-corrected chi connectivity index (χ2v) is 2.15. The Hall–Kier alpha value is -1.82. The average Bonchev–Trinajstić information content (AvgIpc) is 2.32. The quantitative estimate of drug-likeness (QED) is 0.521. The highest BCUT2D eigenvalue weighted by atomic mass is 16.5. The molecule has 0 fully saturated rings. The lowest BCUT2D eigenvalue weighted by Crippen LogP contribution is -1.90. The van der Waals surface area contributed by atoms with Crippen molar-refractivity contribution in [1.82, 2.24) is 15.2 Å². The summed E-state index contributed by atoms with van der Waals surface area (Å²) in [5, 5.41) is 24.9. The number of aromatic hydroxyl groups is 1. The SMILES string of the molecule is O.Oc1ccc2c(c1)nnn2O. The molecule has 1 aromatic heterocycles. The zero-order chi connectivity index (χ0) is 7.84. The van der Waals surface area contributed by atoms with Crippen LogP contribution in [0.1, 0.15) is 0 Å². The summed E-state index contributed by atoms with van der Waals surface area (Å²) >= 11 is 0. The minimum Gasteiger partial charge on any atom is -0.508 e. The smallest absolute Gasteiger partial charge is 0.130 e. The molecule has 0 unspecified atom stereocenters. The Morgan fingerprint density at radius 1 is 1.33 bits per heavy atom. The summed E-state index contributed by atoms with van der Waals surface area (Å²) < 4.78 is 0. The number of phenolic OH excluding ortho intramolecular Hbond substituents is 1. The lowest BCUT2D eigenvalue weighted by atomic mass is 10.3. The summed E-state index contributed by atoms with van der Waals surface area (Å²) in [5.74, 6) is 0.109. The monoisotopic (exact) mass is 169 g/mol. The summed E-state index contributed by atoms with van der Waals surface area (Å²) in [6, 6.07) is 4.41. The molecule has 0 spiro atoms. The second-order valence-electron chi connectivity index (χ2n) is 2.15. The number of fused-ring (bicyclic) bond motifs is 1. The summed E-state index contributed by atoms with van der Waals surface area (Å²) in [7, 11) is 0. The standard InChI is InChI=1S/C6H5N3O2.H2O/c10-4-1-2-6-5(3-4)7-8-9(6)11;/h1-3,10-11H;1H2. The molecule has 0 bridgehead atoms. The Morgan fingerprint density at radius 2 is 2.08 bits per heavy atom. The van der Waals surface area contributed by atoms with E-state index in [9.17, 15) is 0 Å². The molecule has 6 nitrogen and oxygen atoms in total. The van der Waals surface area contributed by atoms with Crippen molar-refractivity contribution in [1.29, 1.82) is 0 Å². The first-order valence-corrected chi connectivity index (χ1v) is 3.01. The number of phenols is 1. The topological polar surface area (TPSA) is 103 Å². The van der Waals surface area contributed by atoms with Gasteiger partial charge in [0.1, 0.15) is 16.8 Å². The van der Waals surface area contributed by atoms with Gasteiger partial charge < -0.3 is 15.8 Å². The van der Waals surface area contributed by atoms with Crippen LogP contribution in [0.4, 0.5) is 0 Å². The van der Waals surface area contributed by atoms with E-state index in [1.54, 1.807) is 0 Å². The largest absolute Gasteiger partial charge is 0.508 e. The van der Waals surface area contributed by atoms with E-state index < -0.39 is 0 Å². The number of hydrogen-bond donors (Lipinski definition) is 2. The second kappa shape index (κ2) is 2.67. The molecule has 0 aliphatic rings. The average molecular weight is 169 g/mol. The van der Waals surface area contributed by atoms with E-state index in [1.807, 2.05) is 0 Å². The van der Waals surface area contributed by atoms with Gasteiger partial charge in [-0.2, -0.15) is 0 Å². The molecular weight excluding hydrogens is 162 g/mol. The van der Waals surface area contributed by atoms with E-state index in [4.69, 9.17) is 10.3 Å². The fraction of sp³-hybridized carbons (Fsp3) is 0.